The van der Waals surface area contributed by atoms with Crippen molar-refractivity contribution < 1.29 is 4.74 Å². The van der Waals surface area contributed by atoms with Crippen molar-refractivity contribution in [2.75, 3.05) is 20.2 Å². The maximum absolute atomic E-state index is 5.61. The molecule has 0 unspecified atom stereocenters. The normalized spacial score (nSPS) is 15.7. The van der Waals surface area contributed by atoms with Gasteiger partial charge in [0.25, 0.3) is 0 Å². The molecule has 0 aliphatic heterocycles. The van der Waals surface area contributed by atoms with Crippen LogP contribution in [0.1, 0.15) is 12.8 Å². The highest BCUT2D eigenvalue weighted by molar-refractivity contribution is 6.29. The van der Waals surface area contributed by atoms with Crippen LogP contribution in [0.4, 0.5) is 0 Å². The van der Waals surface area contributed by atoms with Crippen LogP contribution in [0.5, 0.6) is 5.88 Å². The minimum atomic E-state index is 0.387. The summed E-state index contributed by atoms with van der Waals surface area (Å²) in [7, 11) is 2.12. The van der Waals surface area contributed by atoms with Crippen molar-refractivity contribution in [1.82, 2.24) is 15.1 Å². The van der Waals surface area contributed by atoms with Gasteiger partial charge >= 0.3 is 0 Å². The molecule has 4 nitrogen and oxygen atoms in total. The predicted octanol–water partition coefficient (Wildman–Crippen LogP) is 1.60. The van der Waals surface area contributed by atoms with Gasteiger partial charge in [0.05, 0.1) is 0 Å². The van der Waals surface area contributed by atoms with Gasteiger partial charge in [0.1, 0.15) is 6.61 Å². The molecule has 0 atom stereocenters. The van der Waals surface area contributed by atoms with Gasteiger partial charge in [-0.05, 0) is 26.0 Å². The second-order valence-corrected chi connectivity index (χ2v) is 4.14. The monoisotopic (exact) mass is 227 g/mol. The summed E-state index contributed by atoms with van der Waals surface area (Å²) in [4.78, 5) is 2.31. The average Bonchev–Trinajstić information content (AvgIpc) is 3.04. The Bertz CT molecular complexity index is 313. The molecule has 1 heterocycles. The molecule has 0 saturated heterocycles. The third-order valence-electron chi connectivity index (χ3n) is 2.47. The summed E-state index contributed by atoms with van der Waals surface area (Å²) < 4.78 is 5.44. The number of aromatic nitrogens is 2. The van der Waals surface area contributed by atoms with E-state index in [2.05, 4.69) is 22.1 Å². The molecule has 0 N–H and O–H groups in total. The zero-order chi connectivity index (χ0) is 10.7. The average molecular weight is 228 g/mol. The summed E-state index contributed by atoms with van der Waals surface area (Å²) in [5.41, 5.74) is 0. The Hall–Kier alpha value is -0.870. The minimum Gasteiger partial charge on any atom is -0.475 e. The van der Waals surface area contributed by atoms with Gasteiger partial charge < -0.3 is 9.64 Å². The van der Waals surface area contributed by atoms with Gasteiger partial charge in [-0.2, -0.15) is 0 Å². The summed E-state index contributed by atoms with van der Waals surface area (Å²) >= 11 is 5.61. The zero-order valence-electron chi connectivity index (χ0n) is 8.69. The number of ether oxygens (including phenoxy) is 1. The number of hydrogen-bond acceptors (Lipinski definition) is 4. The van der Waals surface area contributed by atoms with E-state index in [4.69, 9.17) is 16.3 Å². The van der Waals surface area contributed by atoms with Gasteiger partial charge in [-0.25, -0.2) is 0 Å². The van der Waals surface area contributed by atoms with E-state index < -0.39 is 0 Å². The van der Waals surface area contributed by atoms with Gasteiger partial charge in [0.15, 0.2) is 5.15 Å². The largest absolute Gasteiger partial charge is 0.475 e. The summed E-state index contributed by atoms with van der Waals surface area (Å²) in [5, 5.41) is 7.90. The van der Waals surface area contributed by atoms with Crippen LogP contribution >= 0.6 is 11.6 Å². The molecule has 15 heavy (non-hydrogen) atoms. The summed E-state index contributed by atoms with van der Waals surface area (Å²) in [6.45, 7) is 1.57. The minimum absolute atomic E-state index is 0.387. The molecule has 1 aliphatic rings. The highest BCUT2D eigenvalue weighted by Gasteiger charge is 2.25. The first kappa shape index (κ1) is 10.6. The quantitative estimate of drug-likeness (QED) is 0.766. The molecule has 1 fully saturated rings. The van der Waals surface area contributed by atoms with E-state index in [1.807, 2.05) is 0 Å². The molecule has 82 valence electrons. The molecule has 2 rings (SSSR count). The van der Waals surface area contributed by atoms with Crippen molar-refractivity contribution in [3.05, 3.63) is 17.3 Å². The van der Waals surface area contributed by atoms with Crippen LogP contribution in [-0.2, 0) is 0 Å². The molecule has 0 amide bonds. The number of likely N-dealkylation sites (N-methyl/N-ethyl adjacent to an activating group) is 1. The molecule has 0 radical (unpaired) electrons. The number of rotatable bonds is 5. The Labute approximate surface area is 94.2 Å². The van der Waals surface area contributed by atoms with Crippen molar-refractivity contribution in [3.8, 4) is 5.88 Å². The fourth-order valence-corrected chi connectivity index (χ4v) is 1.47. The lowest BCUT2D eigenvalue weighted by atomic mass is 10.5. The van der Waals surface area contributed by atoms with Gasteiger partial charge in [-0.15, -0.1) is 10.2 Å². The zero-order valence-corrected chi connectivity index (χ0v) is 9.44. The lowest BCUT2D eigenvalue weighted by molar-refractivity contribution is 0.225. The van der Waals surface area contributed by atoms with Crippen molar-refractivity contribution in [2.24, 2.45) is 0 Å². The number of hydrogen-bond donors (Lipinski definition) is 0. The van der Waals surface area contributed by atoms with Crippen LogP contribution < -0.4 is 4.74 Å². The Kier molecular flexibility index (Phi) is 3.38. The third kappa shape index (κ3) is 3.32. The summed E-state index contributed by atoms with van der Waals surface area (Å²) in [6.07, 6.45) is 2.63. The maximum Gasteiger partial charge on any atom is 0.233 e. The van der Waals surface area contributed by atoms with Crippen molar-refractivity contribution in [1.29, 1.82) is 0 Å². The number of halogens is 1. The third-order valence-corrected chi connectivity index (χ3v) is 2.67. The molecule has 1 aromatic rings. The Morgan fingerprint density at radius 1 is 1.47 bits per heavy atom. The SMILES string of the molecule is CN(CCOc1ccc(Cl)nn1)C1CC1. The van der Waals surface area contributed by atoms with E-state index in [1.54, 1.807) is 12.1 Å². The van der Waals surface area contributed by atoms with Gasteiger partial charge in [0, 0.05) is 18.7 Å². The highest BCUT2D eigenvalue weighted by Crippen LogP contribution is 2.24. The van der Waals surface area contributed by atoms with E-state index in [1.165, 1.54) is 12.8 Å². The van der Waals surface area contributed by atoms with Crippen LogP contribution in [0.3, 0.4) is 0 Å². The first-order valence-electron chi connectivity index (χ1n) is 5.08. The molecule has 1 aliphatic carbocycles. The lowest BCUT2D eigenvalue weighted by Gasteiger charge is -2.15. The molecule has 1 saturated carbocycles. The first-order chi connectivity index (χ1) is 7.25. The maximum atomic E-state index is 5.61. The Morgan fingerprint density at radius 2 is 2.27 bits per heavy atom. The van der Waals surface area contributed by atoms with Gasteiger partial charge in [0.2, 0.25) is 5.88 Å². The van der Waals surface area contributed by atoms with Gasteiger partial charge in [-0.3, -0.25) is 0 Å². The second-order valence-electron chi connectivity index (χ2n) is 3.75. The van der Waals surface area contributed by atoms with Crippen molar-refractivity contribution >= 4 is 11.6 Å². The van der Waals surface area contributed by atoms with Crippen molar-refractivity contribution in [2.45, 2.75) is 18.9 Å². The van der Waals surface area contributed by atoms with E-state index >= 15 is 0 Å². The number of nitrogens with zero attached hydrogens (tertiary/aromatic N) is 3. The predicted molar refractivity (Wildman–Crippen MR) is 58.2 cm³/mol. The Morgan fingerprint density at radius 3 is 2.87 bits per heavy atom. The molecule has 5 heteroatoms. The standard InChI is InChI=1S/C10H14ClN3O/c1-14(8-2-3-8)6-7-15-10-5-4-9(11)12-13-10/h4-5,8H,2-3,6-7H2,1H3. The van der Waals surface area contributed by atoms with Gasteiger partial charge in [-0.1, -0.05) is 11.6 Å². The highest BCUT2D eigenvalue weighted by atomic mass is 35.5. The topological polar surface area (TPSA) is 38.2 Å². The summed E-state index contributed by atoms with van der Waals surface area (Å²) in [5.74, 6) is 0.531. The lowest BCUT2D eigenvalue weighted by Crippen LogP contribution is -2.26. The molecule has 0 bridgehead atoms. The van der Waals surface area contributed by atoms with E-state index in [-0.39, 0.29) is 0 Å². The molecule has 0 aromatic carbocycles. The van der Waals surface area contributed by atoms with Crippen molar-refractivity contribution in [3.63, 3.8) is 0 Å². The fraction of sp³-hybridized carbons (Fsp3) is 0.600. The van der Waals surface area contributed by atoms with E-state index in [0.29, 0.717) is 17.6 Å². The molecular weight excluding hydrogens is 214 g/mol. The molecule has 1 aromatic heterocycles. The second kappa shape index (κ2) is 4.77. The van der Waals surface area contributed by atoms with Crippen LogP contribution in [0.15, 0.2) is 12.1 Å². The van der Waals surface area contributed by atoms with Crippen LogP contribution in [0.2, 0.25) is 5.15 Å². The smallest absolute Gasteiger partial charge is 0.233 e. The molecular formula is C10H14ClN3O. The first-order valence-corrected chi connectivity index (χ1v) is 5.46. The van der Waals surface area contributed by atoms with Crippen LogP contribution in [-0.4, -0.2) is 41.3 Å². The van der Waals surface area contributed by atoms with E-state index in [0.717, 1.165) is 12.6 Å². The summed E-state index contributed by atoms with van der Waals surface area (Å²) in [6, 6.07) is 4.17. The fourth-order valence-electron chi connectivity index (χ4n) is 1.37. The van der Waals surface area contributed by atoms with Crippen LogP contribution in [0, 0.1) is 0 Å². The molecule has 0 spiro atoms. The Balaban J connectivity index is 1.70. The van der Waals surface area contributed by atoms with E-state index in [9.17, 15) is 0 Å². The van der Waals surface area contributed by atoms with Crippen LogP contribution in [0.25, 0.3) is 0 Å².